The van der Waals surface area contributed by atoms with E-state index in [4.69, 9.17) is 28.6 Å². The van der Waals surface area contributed by atoms with Gasteiger partial charge in [-0.3, -0.25) is 10.1 Å². The average Bonchev–Trinajstić information content (AvgIpc) is 2.37. The molecule has 1 amide bonds. The van der Waals surface area contributed by atoms with Gasteiger partial charge in [0.25, 0.3) is 5.91 Å². The minimum absolute atomic E-state index is 0.0916. The second-order valence-electron chi connectivity index (χ2n) is 4.90. The van der Waals surface area contributed by atoms with Crippen molar-refractivity contribution in [3.05, 3.63) is 34.9 Å². The molecule has 0 saturated carbocycles. The van der Waals surface area contributed by atoms with Crippen LogP contribution in [0.4, 0.5) is 0 Å². The molecule has 0 spiro atoms. The minimum atomic E-state index is -0.285. The van der Waals surface area contributed by atoms with Crippen LogP contribution in [0.2, 0.25) is 5.02 Å². The largest absolute Gasteiger partial charge is 0.372 e. The third-order valence-electron chi connectivity index (χ3n) is 3.05. The summed E-state index contributed by atoms with van der Waals surface area (Å²) in [5.41, 5.74) is 0.422. The van der Waals surface area contributed by atoms with Crippen molar-refractivity contribution < 1.29 is 9.53 Å². The molecule has 1 aliphatic rings. The monoisotopic (exact) mass is 312 g/mol. The van der Waals surface area contributed by atoms with Crippen LogP contribution in [-0.4, -0.2) is 41.2 Å². The maximum atomic E-state index is 12.1. The fourth-order valence-corrected chi connectivity index (χ4v) is 2.70. The lowest BCUT2D eigenvalue weighted by molar-refractivity contribution is -0.0481. The van der Waals surface area contributed by atoms with E-state index in [0.29, 0.717) is 28.8 Å². The highest BCUT2D eigenvalue weighted by molar-refractivity contribution is 7.80. The number of carbonyl (C=O) groups is 1. The van der Waals surface area contributed by atoms with Gasteiger partial charge in [0.15, 0.2) is 5.11 Å². The Morgan fingerprint density at radius 1 is 1.35 bits per heavy atom. The molecule has 4 nitrogen and oxygen atoms in total. The number of thiocarbonyl (C=S) groups is 1. The number of hydrogen-bond acceptors (Lipinski definition) is 3. The van der Waals surface area contributed by atoms with Gasteiger partial charge in [-0.2, -0.15) is 0 Å². The molecule has 20 heavy (non-hydrogen) atoms. The first-order valence-electron chi connectivity index (χ1n) is 6.47. The molecule has 2 rings (SSSR count). The number of hydrogen-bond donors (Lipinski definition) is 1. The number of halogens is 1. The molecule has 0 bridgehead atoms. The van der Waals surface area contributed by atoms with Crippen molar-refractivity contribution >= 4 is 34.8 Å². The van der Waals surface area contributed by atoms with Gasteiger partial charge in [-0.05, 0) is 38.2 Å². The standard InChI is InChI=1S/C14H17ClN2O2S/c1-9-7-17(8-10(2)19-9)14(20)16-13(18)11-5-3-4-6-12(11)15/h3-6,9-10H,7-8H2,1-2H3,(H,16,18,20). The quantitative estimate of drug-likeness (QED) is 0.809. The van der Waals surface area contributed by atoms with Crippen LogP contribution in [-0.2, 0) is 4.74 Å². The predicted molar refractivity (Wildman–Crippen MR) is 83.1 cm³/mol. The lowest BCUT2D eigenvalue weighted by atomic mass is 10.2. The molecule has 108 valence electrons. The number of nitrogens with one attached hydrogen (secondary N) is 1. The molecular weight excluding hydrogens is 296 g/mol. The first kappa shape index (κ1) is 15.2. The van der Waals surface area contributed by atoms with Crippen molar-refractivity contribution in [3.8, 4) is 0 Å². The first-order chi connectivity index (χ1) is 9.47. The topological polar surface area (TPSA) is 41.6 Å². The molecule has 1 aromatic rings. The maximum Gasteiger partial charge on any atom is 0.258 e. The van der Waals surface area contributed by atoms with E-state index in [1.54, 1.807) is 24.3 Å². The van der Waals surface area contributed by atoms with Crippen molar-refractivity contribution in [1.29, 1.82) is 0 Å². The Labute approximate surface area is 129 Å². The van der Waals surface area contributed by atoms with Crippen LogP contribution in [0, 0.1) is 0 Å². The van der Waals surface area contributed by atoms with Gasteiger partial charge in [0, 0.05) is 13.1 Å². The lowest BCUT2D eigenvalue weighted by Gasteiger charge is -2.36. The highest BCUT2D eigenvalue weighted by atomic mass is 35.5. The third-order valence-corrected chi connectivity index (χ3v) is 3.74. The molecule has 2 atom stereocenters. The maximum absolute atomic E-state index is 12.1. The number of nitrogens with zero attached hydrogens (tertiary/aromatic N) is 1. The lowest BCUT2D eigenvalue weighted by Crippen LogP contribution is -2.52. The van der Waals surface area contributed by atoms with Crippen LogP contribution in [0.25, 0.3) is 0 Å². The van der Waals surface area contributed by atoms with Crippen molar-refractivity contribution in [2.75, 3.05) is 13.1 Å². The summed E-state index contributed by atoms with van der Waals surface area (Å²) in [5, 5.41) is 3.55. The Morgan fingerprint density at radius 3 is 2.55 bits per heavy atom. The summed E-state index contributed by atoms with van der Waals surface area (Å²) in [6.45, 7) is 5.32. The van der Waals surface area contributed by atoms with Crippen molar-refractivity contribution in [1.82, 2.24) is 10.2 Å². The normalized spacial score (nSPS) is 22.4. The molecule has 0 aromatic heterocycles. The number of benzene rings is 1. The van der Waals surface area contributed by atoms with Gasteiger partial charge in [0.05, 0.1) is 22.8 Å². The predicted octanol–water partition coefficient (Wildman–Crippen LogP) is 2.46. The summed E-state index contributed by atoms with van der Waals surface area (Å²) in [4.78, 5) is 14.1. The van der Waals surface area contributed by atoms with E-state index in [1.165, 1.54) is 0 Å². The molecule has 1 aliphatic heterocycles. The number of carbonyl (C=O) groups excluding carboxylic acids is 1. The molecular formula is C14H17ClN2O2S. The second-order valence-corrected chi connectivity index (χ2v) is 5.70. The van der Waals surface area contributed by atoms with E-state index >= 15 is 0 Å². The van der Waals surface area contributed by atoms with E-state index < -0.39 is 0 Å². The molecule has 2 unspecified atom stereocenters. The fourth-order valence-electron chi connectivity index (χ4n) is 2.23. The summed E-state index contributed by atoms with van der Waals surface area (Å²) >= 11 is 11.3. The van der Waals surface area contributed by atoms with Crippen LogP contribution < -0.4 is 5.32 Å². The summed E-state index contributed by atoms with van der Waals surface area (Å²) in [7, 11) is 0. The second kappa shape index (κ2) is 6.52. The van der Waals surface area contributed by atoms with E-state index in [-0.39, 0.29) is 18.1 Å². The average molecular weight is 313 g/mol. The van der Waals surface area contributed by atoms with Gasteiger partial charge in [0.1, 0.15) is 0 Å². The first-order valence-corrected chi connectivity index (χ1v) is 7.26. The number of rotatable bonds is 1. The number of amides is 1. The molecule has 1 saturated heterocycles. The number of ether oxygens (including phenoxy) is 1. The molecule has 0 aliphatic carbocycles. The Kier molecular flexibility index (Phi) is 4.96. The van der Waals surface area contributed by atoms with E-state index in [2.05, 4.69) is 5.32 Å². The zero-order chi connectivity index (χ0) is 14.7. The van der Waals surface area contributed by atoms with Crippen LogP contribution in [0.3, 0.4) is 0 Å². The van der Waals surface area contributed by atoms with Crippen molar-refractivity contribution in [2.24, 2.45) is 0 Å². The van der Waals surface area contributed by atoms with E-state index in [1.807, 2.05) is 18.7 Å². The SMILES string of the molecule is CC1CN(C(=S)NC(=O)c2ccccc2Cl)CC(C)O1. The van der Waals surface area contributed by atoms with Gasteiger partial charge in [-0.1, -0.05) is 23.7 Å². The van der Waals surface area contributed by atoms with Gasteiger partial charge in [0.2, 0.25) is 0 Å². The Balaban J connectivity index is 2.01. The third kappa shape index (κ3) is 3.69. The Bertz CT molecular complexity index is 514. The zero-order valence-corrected chi connectivity index (χ0v) is 13.0. The fraction of sp³-hybridized carbons (Fsp3) is 0.429. The summed E-state index contributed by atoms with van der Waals surface area (Å²) in [6, 6.07) is 6.90. The van der Waals surface area contributed by atoms with Crippen LogP contribution in [0.5, 0.6) is 0 Å². The summed E-state index contributed by atoms with van der Waals surface area (Å²) in [6.07, 6.45) is 0.183. The van der Waals surface area contributed by atoms with Crippen LogP contribution in [0.1, 0.15) is 24.2 Å². The summed E-state index contributed by atoms with van der Waals surface area (Å²) < 4.78 is 5.64. The molecule has 1 N–H and O–H groups in total. The molecule has 6 heteroatoms. The van der Waals surface area contributed by atoms with Crippen LogP contribution in [0.15, 0.2) is 24.3 Å². The van der Waals surface area contributed by atoms with Gasteiger partial charge in [-0.15, -0.1) is 0 Å². The molecule has 0 radical (unpaired) electrons. The highest BCUT2D eigenvalue weighted by Gasteiger charge is 2.25. The van der Waals surface area contributed by atoms with Gasteiger partial charge >= 0.3 is 0 Å². The smallest absolute Gasteiger partial charge is 0.258 e. The Morgan fingerprint density at radius 2 is 1.95 bits per heavy atom. The van der Waals surface area contributed by atoms with Crippen LogP contribution >= 0.6 is 23.8 Å². The molecule has 1 aromatic carbocycles. The van der Waals surface area contributed by atoms with E-state index in [9.17, 15) is 4.79 Å². The minimum Gasteiger partial charge on any atom is -0.372 e. The zero-order valence-electron chi connectivity index (χ0n) is 11.4. The van der Waals surface area contributed by atoms with Gasteiger partial charge in [-0.25, -0.2) is 0 Å². The Hall–Kier alpha value is -1.17. The highest BCUT2D eigenvalue weighted by Crippen LogP contribution is 2.15. The van der Waals surface area contributed by atoms with E-state index in [0.717, 1.165) is 0 Å². The molecule has 1 fully saturated rings. The number of morpholine rings is 1. The van der Waals surface area contributed by atoms with Crippen molar-refractivity contribution in [3.63, 3.8) is 0 Å². The molecule has 1 heterocycles. The van der Waals surface area contributed by atoms with Crippen molar-refractivity contribution in [2.45, 2.75) is 26.1 Å². The summed E-state index contributed by atoms with van der Waals surface area (Å²) in [5.74, 6) is -0.285. The van der Waals surface area contributed by atoms with Gasteiger partial charge < -0.3 is 9.64 Å².